The highest BCUT2D eigenvalue weighted by molar-refractivity contribution is 5.94. The number of nitrogens with one attached hydrogen (secondary N) is 2. The molecule has 0 unspecified atom stereocenters. The van der Waals surface area contributed by atoms with Crippen molar-refractivity contribution < 1.29 is 28.9 Å². The normalized spacial score (nSPS) is 22.3. The lowest BCUT2D eigenvalue weighted by Gasteiger charge is -2.26. The molecule has 9 heteroatoms. The number of hydrogen-bond donors (Lipinski definition) is 4. The number of halogens is 1. The van der Waals surface area contributed by atoms with Crippen LogP contribution >= 0.6 is 0 Å². The Balaban J connectivity index is 0.000000471. The third-order valence-electron chi connectivity index (χ3n) is 3.76. The molecule has 24 heavy (non-hydrogen) atoms. The van der Waals surface area contributed by atoms with Crippen LogP contribution < -0.4 is 15.4 Å². The number of carbonyl (C=O) groups is 2. The van der Waals surface area contributed by atoms with Gasteiger partial charge >= 0.3 is 6.16 Å². The fraction of sp³-hybridized carbons (Fsp3) is 0.533. The first-order chi connectivity index (χ1) is 11.5. The van der Waals surface area contributed by atoms with E-state index in [1.54, 1.807) is 6.07 Å². The fourth-order valence-electron chi connectivity index (χ4n) is 2.65. The van der Waals surface area contributed by atoms with Gasteiger partial charge in [0.05, 0.1) is 5.69 Å². The molecule has 1 saturated carbocycles. The van der Waals surface area contributed by atoms with E-state index in [2.05, 4.69) is 15.6 Å². The first-order valence-corrected chi connectivity index (χ1v) is 7.67. The lowest BCUT2D eigenvalue weighted by Crippen LogP contribution is -2.39. The summed E-state index contributed by atoms with van der Waals surface area (Å²) in [5.74, 6) is 0.821. The number of alkyl halides is 1. The number of aromatic nitrogens is 1. The summed E-state index contributed by atoms with van der Waals surface area (Å²) in [5.41, 5.74) is 0.771. The molecule has 2 aliphatic rings. The van der Waals surface area contributed by atoms with Crippen molar-refractivity contribution in [2.24, 2.45) is 0 Å². The summed E-state index contributed by atoms with van der Waals surface area (Å²) in [4.78, 5) is 24.1. The molecule has 1 aromatic heterocycles. The largest absolute Gasteiger partial charge is 0.503 e. The number of fused-ring (bicyclic) bond motifs is 1. The van der Waals surface area contributed by atoms with E-state index in [-0.39, 0.29) is 18.6 Å². The van der Waals surface area contributed by atoms with Crippen LogP contribution in [-0.4, -0.2) is 46.1 Å². The molecule has 0 spiro atoms. The summed E-state index contributed by atoms with van der Waals surface area (Å²) < 4.78 is 19.0. The Labute approximate surface area is 138 Å². The maximum atomic E-state index is 13.7. The van der Waals surface area contributed by atoms with Gasteiger partial charge in [0.15, 0.2) is 18.2 Å². The molecule has 0 bridgehead atoms. The maximum absolute atomic E-state index is 13.7. The molecule has 132 valence electrons. The highest BCUT2D eigenvalue weighted by atomic mass is 19.1. The molecule has 1 fully saturated rings. The molecule has 2 atom stereocenters. The van der Waals surface area contributed by atoms with Crippen molar-refractivity contribution in [3.05, 3.63) is 17.8 Å². The van der Waals surface area contributed by atoms with Gasteiger partial charge in [-0.05, 0) is 25.0 Å². The Kier molecular flexibility index (Phi) is 6.30. The number of amides is 1. The monoisotopic (exact) mass is 341 g/mol. The Morgan fingerprint density at radius 3 is 2.79 bits per heavy atom. The van der Waals surface area contributed by atoms with Crippen molar-refractivity contribution in [2.75, 3.05) is 11.9 Å². The van der Waals surface area contributed by atoms with Gasteiger partial charge < -0.3 is 25.6 Å². The van der Waals surface area contributed by atoms with Crippen LogP contribution in [0.3, 0.4) is 0 Å². The summed E-state index contributed by atoms with van der Waals surface area (Å²) in [7, 11) is 0. The third-order valence-corrected chi connectivity index (χ3v) is 3.76. The van der Waals surface area contributed by atoms with E-state index in [0.717, 1.165) is 25.0 Å². The van der Waals surface area contributed by atoms with Gasteiger partial charge in [-0.25, -0.2) is 14.2 Å². The predicted molar refractivity (Wildman–Crippen MR) is 83.0 cm³/mol. The molecule has 0 radical (unpaired) electrons. The number of ether oxygens (including phenoxy) is 1. The topological polar surface area (TPSA) is 121 Å². The van der Waals surface area contributed by atoms with Crippen LogP contribution in [0.4, 0.5) is 15.0 Å². The molecule has 0 aromatic carbocycles. The molecule has 1 amide bonds. The fourth-order valence-corrected chi connectivity index (χ4v) is 2.65. The van der Waals surface area contributed by atoms with Gasteiger partial charge in [0.2, 0.25) is 0 Å². The van der Waals surface area contributed by atoms with Gasteiger partial charge in [-0.3, -0.25) is 4.79 Å². The Bertz CT molecular complexity index is 594. The van der Waals surface area contributed by atoms with E-state index in [0.29, 0.717) is 24.5 Å². The van der Waals surface area contributed by atoms with E-state index in [1.165, 1.54) is 0 Å². The van der Waals surface area contributed by atoms with Crippen molar-refractivity contribution in [1.82, 2.24) is 10.3 Å². The highest BCUT2D eigenvalue weighted by Gasteiger charge is 2.24. The summed E-state index contributed by atoms with van der Waals surface area (Å²) in [6.45, 7) is 0.520. The molecule has 1 aliphatic carbocycles. The highest BCUT2D eigenvalue weighted by Crippen LogP contribution is 2.26. The minimum absolute atomic E-state index is 0.0257. The molecule has 1 aliphatic heterocycles. The molecular formula is C15H20FN3O5. The van der Waals surface area contributed by atoms with Crippen LogP contribution in [0, 0.1) is 0 Å². The minimum atomic E-state index is -1.83. The number of pyridine rings is 1. The van der Waals surface area contributed by atoms with Crippen molar-refractivity contribution in [2.45, 2.75) is 44.4 Å². The summed E-state index contributed by atoms with van der Waals surface area (Å²) in [6.07, 6.45) is 0.939. The second-order valence-corrected chi connectivity index (χ2v) is 5.56. The quantitative estimate of drug-likeness (QED) is 0.663. The number of rotatable bonds is 3. The average Bonchev–Trinajstić information content (AvgIpc) is 2.53. The van der Waals surface area contributed by atoms with E-state index in [4.69, 9.17) is 19.7 Å². The molecule has 0 saturated heterocycles. The molecule has 8 nitrogen and oxygen atoms in total. The summed E-state index contributed by atoms with van der Waals surface area (Å²) >= 11 is 0. The SMILES string of the molecule is O=C(O)O.O=C1COc2ccc(CN[C@@H]3CCCC[C@@H]3F)nc2N1. The van der Waals surface area contributed by atoms with Crippen LogP contribution in [0.1, 0.15) is 31.4 Å². The zero-order valence-electron chi connectivity index (χ0n) is 13.0. The van der Waals surface area contributed by atoms with Crippen molar-refractivity contribution in [1.29, 1.82) is 0 Å². The Hall–Kier alpha value is -2.42. The molecular weight excluding hydrogens is 321 g/mol. The van der Waals surface area contributed by atoms with Crippen LogP contribution in [-0.2, 0) is 11.3 Å². The molecule has 4 N–H and O–H groups in total. The number of anilines is 1. The lowest BCUT2D eigenvalue weighted by atomic mass is 9.93. The van der Waals surface area contributed by atoms with Crippen molar-refractivity contribution >= 4 is 17.9 Å². The van der Waals surface area contributed by atoms with Gasteiger partial charge in [-0.1, -0.05) is 12.8 Å². The standard InChI is InChI=1S/C14H18FN3O2.CH2O3/c15-10-3-1-2-4-11(10)16-7-9-5-6-12-14(17-9)18-13(19)8-20-12;2-1(3)4/h5-6,10-11,16H,1-4,7-8H2,(H,17,18,19);(H2,2,3,4)/t10-,11+;/m0./s1. The van der Waals surface area contributed by atoms with Crippen molar-refractivity contribution in [3.8, 4) is 5.75 Å². The van der Waals surface area contributed by atoms with E-state index >= 15 is 0 Å². The number of nitrogens with zero attached hydrogens (tertiary/aromatic N) is 1. The van der Waals surface area contributed by atoms with Crippen LogP contribution in [0.2, 0.25) is 0 Å². The van der Waals surface area contributed by atoms with E-state index < -0.39 is 12.3 Å². The van der Waals surface area contributed by atoms with Gasteiger partial charge in [0.1, 0.15) is 6.17 Å². The Morgan fingerprint density at radius 2 is 2.08 bits per heavy atom. The number of hydrogen-bond acceptors (Lipinski definition) is 5. The lowest BCUT2D eigenvalue weighted by molar-refractivity contribution is -0.118. The maximum Gasteiger partial charge on any atom is 0.503 e. The van der Waals surface area contributed by atoms with Crippen LogP contribution in [0.25, 0.3) is 0 Å². The smallest absolute Gasteiger partial charge is 0.480 e. The second-order valence-electron chi connectivity index (χ2n) is 5.56. The van der Waals surface area contributed by atoms with Crippen molar-refractivity contribution in [3.63, 3.8) is 0 Å². The predicted octanol–water partition coefficient (Wildman–Crippen LogP) is 2.01. The zero-order valence-corrected chi connectivity index (χ0v) is 13.0. The summed E-state index contributed by atoms with van der Waals surface area (Å²) in [6, 6.07) is 3.53. The van der Waals surface area contributed by atoms with Crippen LogP contribution in [0.15, 0.2) is 12.1 Å². The van der Waals surface area contributed by atoms with E-state index in [1.807, 2.05) is 6.07 Å². The van der Waals surface area contributed by atoms with Crippen LogP contribution in [0.5, 0.6) is 5.75 Å². The summed E-state index contributed by atoms with van der Waals surface area (Å²) in [5, 5.41) is 19.8. The molecule has 1 aromatic rings. The first-order valence-electron chi connectivity index (χ1n) is 7.67. The van der Waals surface area contributed by atoms with Gasteiger partial charge in [-0.15, -0.1) is 0 Å². The minimum Gasteiger partial charge on any atom is -0.480 e. The van der Waals surface area contributed by atoms with Gasteiger partial charge in [-0.2, -0.15) is 0 Å². The molecule has 3 rings (SSSR count). The van der Waals surface area contributed by atoms with Gasteiger partial charge in [0, 0.05) is 12.6 Å². The van der Waals surface area contributed by atoms with Gasteiger partial charge in [0.25, 0.3) is 5.91 Å². The number of carboxylic acid groups (broad SMARTS) is 2. The molecule has 2 heterocycles. The average molecular weight is 341 g/mol. The Morgan fingerprint density at radius 1 is 1.38 bits per heavy atom. The second kappa shape index (κ2) is 8.44. The van der Waals surface area contributed by atoms with E-state index in [9.17, 15) is 9.18 Å². The zero-order chi connectivity index (χ0) is 17.5. The first kappa shape index (κ1) is 17.9. The third kappa shape index (κ3) is 5.34. The number of carbonyl (C=O) groups excluding carboxylic acids is 1.